The van der Waals surface area contributed by atoms with Gasteiger partial charge in [0.2, 0.25) is 0 Å². The van der Waals surface area contributed by atoms with Crippen LogP contribution in [0.3, 0.4) is 0 Å². The van der Waals surface area contributed by atoms with Crippen molar-refractivity contribution in [3.63, 3.8) is 0 Å². The maximum atomic E-state index is 10.2. The van der Waals surface area contributed by atoms with Crippen LogP contribution in [0.1, 0.15) is 37.4 Å². The molecule has 0 spiro atoms. The predicted octanol–water partition coefficient (Wildman–Crippen LogP) is 2.03. The fraction of sp³-hybridized carbons (Fsp3) is 0.500. The summed E-state index contributed by atoms with van der Waals surface area (Å²) in [5.74, 6) is 0. The van der Waals surface area contributed by atoms with Crippen molar-refractivity contribution in [1.82, 2.24) is 0 Å². The largest absolute Gasteiger partial charge is 0.387 e. The fourth-order valence-corrected chi connectivity index (χ4v) is 2.21. The van der Waals surface area contributed by atoms with Gasteiger partial charge >= 0.3 is 0 Å². The minimum atomic E-state index is -0.888. The van der Waals surface area contributed by atoms with Gasteiger partial charge in [-0.25, -0.2) is 0 Å². The molecule has 1 fully saturated rings. The highest BCUT2D eigenvalue weighted by Gasteiger charge is 2.38. The minimum Gasteiger partial charge on any atom is -0.387 e. The first-order chi connectivity index (χ1) is 6.72. The molecule has 0 saturated heterocycles. The molecule has 1 aliphatic carbocycles. The van der Waals surface area contributed by atoms with E-state index >= 15 is 0 Å². The van der Waals surface area contributed by atoms with Gasteiger partial charge in [-0.1, -0.05) is 43.2 Å². The minimum absolute atomic E-state index is 0.711. The van der Waals surface area contributed by atoms with Crippen molar-refractivity contribution in [1.29, 1.82) is 0 Å². The molecule has 1 aliphatic rings. The smallest absolute Gasteiger partial charge is 0.108 e. The molecular formula is C12H16O2. The van der Waals surface area contributed by atoms with Crippen molar-refractivity contribution in [2.45, 2.75) is 37.4 Å². The van der Waals surface area contributed by atoms with E-state index in [2.05, 4.69) is 0 Å². The summed E-state index contributed by atoms with van der Waals surface area (Å²) in [4.78, 5) is 0. The third-order valence-corrected chi connectivity index (χ3v) is 3.09. The number of hydrogen-bond donors (Lipinski definition) is 2. The van der Waals surface area contributed by atoms with Gasteiger partial charge in [0.05, 0.1) is 5.60 Å². The van der Waals surface area contributed by atoms with Gasteiger partial charge in [0.1, 0.15) is 6.10 Å². The molecule has 1 saturated carbocycles. The summed E-state index contributed by atoms with van der Waals surface area (Å²) in [6.45, 7) is 0. The third kappa shape index (κ3) is 1.68. The predicted molar refractivity (Wildman–Crippen MR) is 54.8 cm³/mol. The Morgan fingerprint density at radius 2 is 1.64 bits per heavy atom. The Morgan fingerprint density at radius 1 is 1.07 bits per heavy atom. The van der Waals surface area contributed by atoms with E-state index in [1.54, 1.807) is 0 Å². The van der Waals surface area contributed by atoms with Gasteiger partial charge < -0.3 is 10.2 Å². The second kappa shape index (κ2) is 3.71. The van der Waals surface area contributed by atoms with Gasteiger partial charge in [0.25, 0.3) is 0 Å². The van der Waals surface area contributed by atoms with Crippen molar-refractivity contribution in [2.24, 2.45) is 0 Å². The fourth-order valence-electron chi connectivity index (χ4n) is 2.21. The zero-order valence-corrected chi connectivity index (χ0v) is 8.19. The van der Waals surface area contributed by atoms with Crippen LogP contribution < -0.4 is 0 Å². The third-order valence-electron chi connectivity index (χ3n) is 3.09. The zero-order chi connectivity index (χ0) is 10.0. The molecular weight excluding hydrogens is 176 g/mol. The highest BCUT2D eigenvalue weighted by molar-refractivity contribution is 5.20. The Kier molecular flexibility index (Phi) is 2.57. The van der Waals surface area contributed by atoms with Crippen LogP contribution in [0.15, 0.2) is 30.3 Å². The van der Waals surface area contributed by atoms with E-state index in [-0.39, 0.29) is 0 Å². The number of aliphatic hydroxyl groups is 2. The quantitative estimate of drug-likeness (QED) is 0.752. The first kappa shape index (κ1) is 9.69. The summed E-state index contributed by atoms with van der Waals surface area (Å²) in [6.07, 6.45) is 2.72. The second-order valence-electron chi connectivity index (χ2n) is 4.12. The zero-order valence-electron chi connectivity index (χ0n) is 8.19. The van der Waals surface area contributed by atoms with Crippen LogP contribution in [0.5, 0.6) is 0 Å². The van der Waals surface area contributed by atoms with Gasteiger partial charge in [-0.3, -0.25) is 0 Å². The lowest BCUT2D eigenvalue weighted by molar-refractivity contribution is -0.0719. The van der Waals surface area contributed by atoms with Crippen molar-refractivity contribution in [2.75, 3.05) is 0 Å². The molecule has 0 heterocycles. The molecule has 2 rings (SSSR count). The first-order valence-electron chi connectivity index (χ1n) is 5.18. The molecule has 0 amide bonds. The number of aliphatic hydroxyl groups excluding tert-OH is 1. The van der Waals surface area contributed by atoms with E-state index < -0.39 is 11.7 Å². The highest BCUT2D eigenvalue weighted by atomic mass is 16.3. The normalized spacial score (nSPS) is 22.1. The molecule has 2 N–H and O–H groups in total. The van der Waals surface area contributed by atoms with Crippen molar-refractivity contribution < 1.29 is 10.2 Å². The van der Waals surface area contributed by atoms with Crippen molar-refractivity contribution in [3.8, 4) is 0 Å². The van der Waals surface area contributed by atoms with Crippen LogP contribution in [0.2, 0.25) is 0 Å². The summed E-state index contributed by atoms with van der Waals surface area (Å²) in [7, 11) is 0. The van der Waals surface area contributed by atoms with E-state index in [0.29, 0.717) is 12.8 Å². The number of rotatable bonds is 2. The molecule has 0 bridgehead atoms. The lowest BCUT2D eigenvalue weighted by Crippen LogP contribution is -2.32. The van der Waals surface area contributed by atoms with Crippen LogP contribution in [-0.4, -0.2) is 15.8 Å². The van der Waals surface area contributed by atoms with E-state index in [4.69, 9.17) is 0 Å². The monoisotopic (exact) mass is 192 g/mol. The molecule has 0 aliphatic heterocycles. The SMILES string of the molecule is OC(c1ccccc1)C1(O)CCCC1. The summed E-state index contributed by atoms with van der Waals surface area (Å²) in [6, 6.07) is 9.41. The Bertz CT molecular complexity index is 288. The molecule has 14 heavy (non-hydrogen) atoms. The first-order valence-corrected chi connectivity index (χ1v) is 5.18. The van der Waals surface area contributed by atoms with Crippen molar-refractivity contribution in [3.05, 3.63) is 35.9 Å². The highest BCUT2D eigenvalue weighted by Crippen LogP contribution is 2.39. The molecule has 76 valence electrons. The van der Waals surface area contributed by atoms with E-state index in [0.717, 1.165) is 18.4 Å². The van der Waals surface area contributed by atoms with Crippen LogP contribution in [0.4, 0.5) is 0 Å². The van der Waals surface area contributed by atoms with Gasteiger partial charge in [0.15, 0.2) is 0 Å². The molecule has 0 aromatic heterocycles. The molecule has 2 heteroatoms. The molecule has 1 atom stereocenters. The van der Waals surface area contributed by atoms with Gasteiger partial charge in [0, 0.05) is 0 Å². The molecule has 2 nitrogen and oxygen atoms in total. The average Bonchev–Trinajstić information content (AvgIpc) is 2.67. The maximum Gasteiger partial charge on any atom is 0.108 e. The van der Waals surface area contributed by atoms with Gasteiger partial charge in [-0.05, 0) is 18.4 Å². The molecule has 1 aromatic carbocycles. The van der Waals surface area contributed by atoms with E-state index in [1.165, 1.54) is 0 Å². The number of benzene rings is 1. The molecule has 1 unspecified atom stereocenters. The summed E-state index contributed by atoms with van der Waals surface area (Å²) >= 11 is 0. The molecule has 1 aromatic rings. The summed E-state index contributed by atoms with van der Waals surface area (Å²) < 4.78 is 0. The average molecular weight is 192 g/mol. The topological polar surface area (TPSA) is 40.5 Å². The van der Waals surface area contributed by atoms with E-state index in [9.17, 15) is 10.2 Å². The Balaban J connectivity index is 2.19. The van der Waals surface area contributed by atoms with Gasteiger partial charge in [-0.2, -0.15) is 0 Å². The Labute approximate surface area is 84.2 Å². The summed E-state index contributed by atoms with van der Waals surface area (Å²) in [5.41, 5.74) is -0.0710. The standard InChI is InChI=1S/C12H16O2/c13-11(10-6-2-1-3-7-10)12(14)8-4-5-9-12/h1-3,6-7,11,13-14H,4-5,8-9H2. The number of hydrogen-bond acceptors (Lipinski definition) is 2. The van der Waals surface area contributed by atoms with Crippen molar-refractivity contribution >= 4 is 0 Å². The molecule has 0 radical (unpaired) electrons. The Morgan fingerprint density at radius 3 is 2.21 bits per heavy atom. The van der Waals surface area contributed by atoms with Gasteiger partial charge in [-0.15, -0.1) is 0 Å². The van der Waals surface area contributed by atoms with Crippen LogP contribution in [0.25, 0.3) is 0 Å². The van der Waals surface area contributed by atoms with Crippen LogP contribution in [0, 0.1) is 0 Å². The van der Waals surface area contributed by atoms with E-state index in [1.807, 2.05) is 30.3 Å². The lowest BCUT2D eigenvalue weighted by Gasteiger charge is -2.28. The maximum absolute atomic E-state index is 10.2. The van der Waals surface area contributed by atoms with Crippen LogP contribution in [-0.2, 0) is 0 Å². The lowest BCUT2D eigenvalue weighted by atomic mass is 9.90. The second-order valence-corrected chi connectivity index (χ2v) is 4.12. The Hall–Kier alpha value is -0.860. The van der Waals surface area contributed by atoms with Crippen LogP contribution >= 0.6 is 0 Å². The summed E-state index contributed by atoms with van der Waals surface area (Å²) in [5, 5.41) is 20.2.